The van der Waals surface area contributed by atoms with E-state index in [4.69, 9.17) is 4.74 Å². The van der Waals surface area contributed by atoms with Crippen LogP contribution in [0, 0.1) is 0 Å². The summed E-state index contributed by atoms with van der Waals surface area (Å²) in [6, 6.07) is 9.94. The van der Waals surface area contributed by atoms with Gasteiger partial charge in [-0.1, -0.05) is 36.9 Å². The van der Waals surface area contributed by atoms with Crippen molar-refractivity contribution >= 4 is 5.97 Å². The summed E-state index contributed by atoms with van der Waals surface area (Å²) in [6.07, 6.45) is 4.39. The van der Waals surface area contributed by atoms with Gasteiger partial charge in [0.2, 0.25) is 0 Å². The number of esters is 1. The molecular formula is C17H18N2O2. The van der Waals surface area contributed by atoms with Crippen LogP contribution in [0.25, 0.3) is 0 Å². The molecule has 0 aliphatic heterocycles. The van der Waals surface area contributed by atoms with Crippen molar-refractivity contribution in [1.82, 2.24) is 9.55 Å². The van der Waals surface area contributed by atoms with Gasteiger partial charge in [-0.05, 0) is 25.5 Å². The highest BCUT2D eigenvalue weighted by Crippen LogP contribution is 2.20. The molecule has 0 aliphatic carbocycles. The van der Waals surface area contributed by atoms with Gasteiger partial charge in [-0.2, -0.15) is 0 Å². The number of aromatic nitrogens is 2. The Bertz CT molecular complexity index is 654. The molecule has 0 amide bonds. The Morgan fingerprint density at radius 3 is 2.76 bits per heavy atom. The minimum atomic E-state index is -0.408. The first-order valence-corrected chi connectivity index (χ1v) is 6.77. The van der Waals surface area contributed by atoms with Gasteiger partial charge in [-0.3, -0.25) is 0 Å². The lowest BCUT2D eigenvalue weighted by molar-refractivity contribution is 0.0411. The fourth-order valence-corrected chi connectivity index (χ4v) is 2.09. The van der Waals surface area contributed by atoms with E-state index in [1.807, 2.05) is 41.8 Å². The molecule has 4 nitrogen and oxygen atoms in total. The van der Waals surface area contributed by atoms with Crippen molar-refractivity contribution in [3.8, 4) is 0 Å². The molecule has 0 fully saturated rings. The average Bonchev–Trinajstić information content (AvgIpc) is 2.97. The Balaban J connectivity index is 2.22. The maximum atomic E-state index is 12.2. The zero-order chi connectivity index (χ0) is 15.2. The van der Waals surface area contributed by atoms with E-state index in [9.17, 15) is 4.79 Å². The number of imidazole rings is 1. The summed E-state index contributed by atoms with van der Waals surface area (Å²) in [5, 5.41) is 0. The van der Waals surface area contributed by atoms with Crippen molar-refractivity contribution in [3.05, 3.63) is 72.5 Å². The Hall–Kier alpha value is -2.58. The van der Waals surface area contributed by atoms with E-state index in [1.54, 1.807) is 19.3 Å². The van der Waals surface area contributed by atoms with Gasteiger partial charge < -0.3 is 9.30 Å². The topological polar surface area (TPSA) is 44.1 Å². The molecule has 108 valence electrons. The number of ether oxygens (including phenoxy) is 1. The minimum Gasteiger partial charge on any atom is -0.453 e. The summed E-state index contributed by atoms with van der Waals surface area (Å²) in [7, 11) is 0. The highest BCUT2D eigenvalue weighted by molar-refractivity contribution is 5.87. The zero-order valence-corrected chi connectivity index (χ0v) is 12.2. The number of carbonyl (C=O) groups excluding carboxylic acids is 1. The Labute approximate surface area is 124 Å². The lowest BCUT2D eigenvalue weighted by Crippen LogP contribution is -2.18. The van der Waals surface area contributed by atoms with Crippen LogP contribution in [0.3, 0.4) is 0 Å². The number of carbonyl (C=O) groups is 1. The van der Waals surface area contributed by atoms with Crippen LogP contribution < -0.4 is 0 Å². The second-order valence-corrected chi connectivity index (χ2v) is 4.75. The SMILES string of the molecule is C=C=CC(C)OC(=O)c1cncn1[C@H](C)c1ccccc1. The van der Waals surface area contributed by atoms with Crippen molar-refractivity contribution in [1.29, 1.82) is 0 Å². The monoisotopic (exact) mass is 282 g/mol. The normalized spacial score (nSPS) is 13.0. The van der Waals surface area contributed by atoms with E-state index >= 15 is 0 Å². The molecule has 0 spiro atoms. The maximum Gasteiger partial charge on any atom is 0.357 e. The summed E-state index contributed by atoms with van der Waals surface area (Å²) in [4.78, 5) is 16.3. The number of hydrogen-bond donors (Lipinski definition) is 0. The van der Waals surface area contributed by atoms with Gasteiger partial charge in [0.25, 0.3) is 0 Å². The van der Waals surface area contributed by atoms with Crippen molar-refractivity contribution in [3.63, 3.8) is 0 Å². The first-order valence-electron chi connectivity index (χ1n) is 6.77. The standard InChI is InChI=1S/C17H18N2O2/c1-4-8-13(2)21-17(20)16-11-18-12-19(16)14(3)15-9-6-5-7-10-15/h5-14H,1H2,2-3H3/t13?,14-/m1/s1. The van der Waals surface area contributed by atoms with Gasteiger partial charge in [-0.25, -0.2) is 9.78 Å². The highest BCUT2D eigenvalue weighted by Gasteiger charge is 2.19. The third kappa shape index (κ3) is 3.50. The van der Waals surface area contributed by atoms with Crippen LogP contribution in [0.15, 0.2) is 61.2 Å². The van der Waals surface area contributed by atoms with Crippen LogP contribution >= 0.6 is 0 Å². The molecular weight excluding hydrogens is 264 g/mol. The summed E-state index contributed by atoms with van der Waals surface area (Å²) < 4.78 is 7.11. The molecule has 1 aromatic carbocycles. The summed E-state index contributed by atoms with van der Waals surface area (Å²) >= 11 is 0. The van der Waals surface area contributed by atoms with Gasteiger partial charge >= 0.3 is 5.97 Å². The average molecular weight is 282 g/mol. The molecule has 1 unspecified atom stereocenters. The first-order chi connectivity index (χ1) is 10.1. The molecule has 2 atom stereocenters. The van der Waals surface area contributed by atoms with E-state index in [1.165, 1.54) is 6.20 Å². The minimum absolute atomic E-state index is 0.00139. The number of benzene rings is 1. The van der Waals surface area contributed by atoms with Crippen molar-refractivity contribution < 1.29 is 9.53 Å². The summed E-state index contributed by atoms with van der Waals surface area (Å²) in [6.45, 7) is 7.24. The predicted molar refractivity (Wildman–Crippen MR) is 81.1 cm³/mol. The van der Waals surface area contributed by atoms with E-state index < -0.39 is 5.97 Å². The molecule has 1 aromatic heterocycles. The molecule has 0 saturated heterocycles. The second kappa shape index (κ2) is 6.73. The van der Waals surface area contributed by atoms with Crippen LogP contribution in [0.4, 0.5) is 0 Å². The van der Waals surface area contributed by atoms with Crippen molar-refractivity contribution in [2.45, 2.75) is 26.0 Å². The fourth-order valence-electron chi connectivity index (χ4n) is 2.09. The van der Waals surface area contributed by atoms with Gasteiger partial charge in [0.05, 0.1) is 18.6 Å². The largest absolute Gasteiger partial charge is 0.453 e. The zero-order valence-electron chi connectivity index (χ0n) is 12.2. The maximum absolute atomic E-state index is 12.2. The summed E-state index contributed by atoms with van der Waals surface area (Å²) in [5.41, 5.74) is 4.13. The van der Waals surface area contributed by atoms with Gasteiger partial charge in [0.1, 0.15) is 11.8 Å². The second-order valence-electron chi connectivity index (χ2n) is 4.75. The van der Waals surface area contributed by atoms with Crippen molar-refractivity contribution in [2.24, 2.45) is 0 Å². The number of hydrogen-bond acceptors (Lipinski definition) is 3. The lowest BCUT2D eigenvalue weighted by Gasteiger charge is -2.17. The highest BCUT2D eigenvalue weighted by atomic mass is 16.5. The van der Waals surface area contributed by atoms with Gasteiger partial charge in [-0.15, -0.1) is 5.73 Å². The Morgan fingerprint density at radius 1 is 1.38 bits per heavy atom. The van der Waals surface area contributed by atoms with Crippen LogP contribution in [0.2, 0.25) is 0 Å². The van der Waals surface area contributed by atoms with E-state index in [-0.39, 0.29) is 12.1 Å². The quantitative estimate of drug-likeness (QED) is 0.624. The fraction of sp³-hybridized carbons (Fsp3) is 0.235. The molecule has 0 radical (unpaired) electrons. The lowest BCUT2D eigenvalue weighted by atomic mass is 10.1. The number of nitrogens with zero attached hydrogens (tertiary/aromatic N) is 2. The molecule has 0 aliphatic rings. The van der Waals surface area contributed by atoms with Crippen LogP contribution in [0.5, 0.6) is 0 Å². The Kier molecular flexibility index (Phi) is 4.75. The Morgan fingerprint density at radius 2 is 2.10 bits per heavy atom. The third-order valence-corrected chi connectivity index (χ3v) is 3.22. The van der Waals surface area contributed by atoms with Crippen molar-refractivity contribution in [2.75, 3.05) is 0 Å². The van der Waals surface area contributed by atoms with Crippen LogP contribution in [-0.4, -0.2) is 21.6 Å². The molecule has 2 aromatic rings. The molecule has 21 heavy (non-hydrogen) atoms. The molecule has 0 bridgehead atoms. The summed E-state index contributed by atoms with van der Waals surface area (Å²) in [5.74, 6) is -0.408. The van der Waals surface area contributed by atoms with Crippen LogP contribution in [0.1, 0.15) is 35.9 Å². The van der Waals surface area contributed by atoms with Gasteiger partial charge in [0, 0.05) is 0 Å². The molecule has 1 heterocycles. The van der Waals surface area contributed by atoms with E-state index in [0.717, 1.165) is 5.56 Å². The molecule has 4 heteroatoms. The van der Waals surface area contributed by atoms with Gasteiger partial charge in [0.15, 0.2) is 0 Å². The predicted octanol–water partition coefficient (Wildman–Crippen LogP) is 3.38. The van der Waals surface area contributed by atoms with E-state index in [0.29, 0.717) is 5.69 Å². The smallest absolute Gasteiger partial charge is 0.357 e. The van der Waals surface area contributed by atoms with E-state index in [2.05, 4.69) is 17.3 Å². The molecule has 2 rings (SSSR count). The third-order valence-electron chi connectivity index (χ3n) is 3.22. The van der Waals surface area contributed by atoms with Crippen LogP contribution in [-0.2, 0) is 4.74 Å². The molecule has 0 N–H and O–H groups in total. The first kappa shape index (κ1) is 14.8. The molecule has 0 saturated carbocycles. The number of rotatable bonds is 5.